The second-order valence-electron chi connectivity index (χ2n) is 3.52. The summed E-state index contributed by atoms with van der Waals surface area (Å²) in [6.45, 7) is 7.09. The van der Waals surface area contributed by atoms with Crippen molar-refractivity contribution < 1.29 is 0 Å². The molecule has 0 spiro atoms. The Bertz CT molecular complexity index is 485. The summed E-state index contributed by atoms with van der Waals surface area (Å²) in [7, 11) is 0. The van der Waals surface area contributed by atoms with E-state index in [2.05, 4.69) is 37.9 Å². The highest BCUT2D eigenvalue weighted by Crippen LogP contribution is 2.25. The van der Waals surface area contributed by atoms with Crippen LogP contribution in [0.4, 0.5) is 0 Å². The third-order valence-electron chi connectivity index (χ3n) is 2.57. The molecular formula is C11H13ClN2. The van der Waals surface area contributed by atoms with Crippen molar-refractivity contribution in [3.05, 3.63) is 28.5 Å². The summed E-state index contributed by atoms with van der Waals surface area (Å²) in [5.41, 5.74) is 4.60. The first-order valence-corrected chi connectivity index (χ1v) is 5.15. The van der Waals surface area contributed by atoms with E-state index in [0.29, 0.717) is 5.28 Å². The van der Waals surface area contributed by atoms with Crippen LogP contribution in [0.3, 0.4) is 0 Å². The Hall–Kier alpha value is -1.02. The van der Waals surface area contributed by atoms with Gasteiger partial charge in [-0.25, -0.2) is 4.98 Å². The van der Waals surface area contributed by atoms with Gasteiger partial charge in [-0.15, -0.1) is 0 Å². The molecule has 0 aliphatic rings. The van der Waals surface area contributed by atoms with Crippen molar-refractivity contribution in [2.45, 2.75) is 27.3 Å². The lowest BCUT2D eigenvalue weighted by molar-refractivity contribution is 0.786. The molecule has 0 radical (unpaired) electrons. The third-order valence-corrected chi connectivity index (χ3v) is 2.86. The van der Waals surface area contributed by atoms with Gasteiger partial charge in [-0.2, -0.15) is 0 Å². The fraction of sp³-hybridized carbons (Fsp3) is 0.364. The van der Waals surface area contributed by atoms with Gasteiger partial charge in [0, 0.05) is 6.54 Å². The Morgan fingerprint density at radius 1 is 1.29 bits per heavy atom. The standard InChI is InChI=1S/C11H13ClN2/c1-4-14-10-8(3)6-5-7(2)9(10)13-11(14)12/h5-6H,4H2,1-3H3. The third kappa shape index (κ3) is 1.22. The van der Waals surface area contributed by atoms with E-state index >= 15 is 0 Å². The lowest BCUT2D eigenvalue weighted by Gasteiger charge is -2.04. The van der Waals surface area contributed by atoms with E-state index in [1.54, 1.807) is 0 Å². The van der Waals surface area contributed by atoms with Gasteiger partial charge in [-0.1, -0.05) is 12.1 Å². The minimum Gasteiger partial charge on any atom is -0.315 e. The SMILES string of the molecule is CCn1c(Cl)nc2c(C)ccc(C)c21. The number of hydrogen-bond acceptors (Lipinski definition) is 1. The summed E-state index contributed by atoms with van der Waals surface area (Å²) in [6.07, 6.45) is 0. The number of benzene rings is 1. The van der Waals surface area contributed by atoms with Crippen molar-refractivity contribution >= 4 is 22.6 Å². The van der Waals surface area contributed by atoms with Crippen molar-refractivity contribution in [3.8, 4) is 0 Å². The van der Waals surface area contributed by atoms with Crippen molar-refractivity contribution in [2.24, 2.45) is 0 Å². The van der Waals surface area contributed by atoms with Gasteiger partial charge in [0.1, 0.15) is 0 Å². The van der Waals surface area contributed by atoms with Crippen molar-refractivity contribution in [1.82, 2.24) is 9.55 Å². The molecule has 3 heteroatoms. The fourth-order valence-electron chi connectivity index (χ4n) is 1.80. The number of imidazole rings is 1. The van der Waals surface area contributed by atoms with Crippen LogP contribution < -0.4 is 0 Å². The minimum atomic E-state index is 0.583. The summed E-state index contributed by atoms with van der Waals surface area (Å²) in [4.78, 5) is 4.37. The number of hydrogen-bond donors (Lipinski definition) is 0. The fourth-order valence-corrected chi connectivity index (χ4v) is 2.09. The van der Waals surface area contributed by atoms with E-state index in [-0.39, 0.29) is 0 Å². The van der Waals surface area contributed by atoms with Gasteiger partial charge in [0.05, 0.1) is 11.0 Å². The van der Waals surface area contributed by atoms with Gasteiger partial charge in [0.25, 0.3) is 0 Å². The van der Waals surface area contributed by atoms with Gasteiger partial charge in [-0.3, -0.25) is 0 Å². The monoisotopic (exact) mass is 208 g/mol. The molecule has 0 bridgehead atoms. The van der Waals surface area contributed by atoms with Gasteiger partial charge < -0.3 is 4.57 Å². The molecular weight excluding hydrogens is 196 g/mol. The lowest BCUT2D eigenvalue weighted by atomic mass is 10.1. The Kier molecular flexibility index (Phi) is 2.23. The second kappa shape index (κ2) is 3.28. The zero-order valence-electron chi connectivity index (χ0n) is 8.63. The lowest BCUT2D eigenvalue weighted by Crippen LogP contribution is -1.95. The predicted molar refractivity (Wildman–Crippen MR) is 59.9 cm³/mol. The molecule has 2 rings (SSSR count). The molecule has 0 atom stereocenters. The smallest absolute Gasteiger partial charge is 0.203 e. The van der Waals surface area contributed by atoms with Crippen LogP contribution in [0.15, 0.2) is 12.1 Å². The average Bonchev–Trinajstić information content (AvgIpc) is 2.50. The maximum absolute atomic E-state index is 6.06. The zero-order valence-corrected chi connectivity index (χ0v) is 9.39. The molecule has 0 N–H and O–H groups in total. The molecule has 0 saturated heterocycles. The molecule has 1 heterocycles. The molecule has 2 nitrogen and oxygen atoms in total. The van der Waals surface area contributed by atoms with Crippen LogP contribution in [0.1, 0.15) is 18.1 Å². The van der Waals surface area contributed by atoms with Crippen LogP contribution in [0, 0.1) is 13.8 Å². The number of fused-ring (bicyclic) bond motifs is 1. The van der Waals surface area contributed by atoms with Crippen LogP contribution in [0.5, 0.6) is 0 Å². The summed E-state index contributed by atoms with van der Waals surface area (Å²) >= 11 is 6.06. The van der Waals surface area contributed by atoms with Crippen molar-refractivity contribution in [3.63, 3.8) is 0 Å². The van der Waals surface area contributed by atoms with E-state index in [1.165, 1.54) is 11.1 Å². The van der Waals surface area contributed by atoms with Crippen molar-refractivity contribution in [1.29, 1.82) is 0 Å². The molecule has 0 unspecified atom stereocenters. The first kappa shape index (κ1) is 9.53. The largest absolute Gasteiger partial charge is 0.315 e. The van der Waals surface area contributed by atoms with E-state index in [9.17, 15) is 0 Å². The highest BCUT2D eigenvalue weighted by atomic mass is 35.5. The Balaban J connectivity index is 2.93. The summed E-state index contributed by atoms with van der Waals surface area (Å²) in [5.74, 6) is 0. The number of aryl methyl sites for hydroxylation is 3. The second-order valence-corrected chi connectivity index (χ2v) is 3.86. The summed E-state index contributed by atoms with van der Waals surface area (Å²) in [5, 5.41) is 0.583. The summed E-state index contributed by atoms with van der Waals surface area (Å²) < 4.78 is 2.04. The normalized spacial score (nSPS) is 11.1. The number of nitrogens with zero attached hydrogens (tertiary/aromatic N) is 2. The molecule has 1 aromatic heterocycles. The molecule has 2 aromatic rings. The minimum absolute atomic E-state index is 0.583. The Labute approximate surface area is 88.5 Å². The van der Waals surface area contributed by atoms with Gasteiger partial charge in [0.2, 0.25) is 5.28 Å². The molecule has 0 amide bonds. The Morgan fingerprint density at radius 2 is 1.93 bits per heavy atom. The maximum atomic E-state index is 6.06. The molecule has 0 aliphatic heterocycles. The molecule has 0 aliphatic carbocycles. The number of aromatic nitrogens is 2. The maximum Gasteiger partial charge on any atom is 0.203 e. The van der Waals surface area contributed by atoms with E-state index in [1.807, 2.05) is 4.57 Å². The molecule has 74 valence electrons. The van der Waals surface area contributed by atoms with E-state index in [4.69, 9.17) is 11.6 Å². The molecule has 1 aromatic carbocycles. The van der Waals surface area contributed by atoms with E-state index < -0.39 is 0 Å². The quantitative estimate of drug-likeness (QED) is 0.703. The van der Waals surface area contributed by atoms with Crippen LogP contribution in [-0.2, 0) is 6.54 Å². The summed E-state index contributed by atoms with van der Waals surface area (Å²) in [6, 6.07) is 4.20. The van der Waals surface area contributed by atoms with E-state index in [0.717, 1.165) is 17.6 Å². The van der Waals surface area contributed by atoms with Crippen LogP contribution >= 0.6 is 11.6 Å². The zero-order chi connectivity index (χ0) is 10.3. The highest BCUT2D eigenvalue weighted by molar-refractivity contribution is 6.29. The average molecular weight is 209 g/mol. The molecule has 14 heavy (non-hydrogen) atoms. The highest BCUT2D eigenvalue weighted by Gasteiger charge is 2.10. The number of halogens is 1. The van der Waals surface area contributed by atoms with Gasteiger partial charge in [-0.05, 0) is 43.5 Å². The molecule has 0 saturated carbocycles. The van der Waals surface area contributed by atoms with Gasteiger partial charge >= 0.3 is 0 Å². The Morgan fingerprint density at radius 3 is 2.57 bits per heavy atom. The topological polar surface area (TPSA) is 17.8 Å². The first-order chi connectivity index (χ1) is 6.65. The van der Waals surface area contributed by atoms with Crippen LogP contribution in [0.2, 0.25) is 5.28 Å². The van der Waals surface area contributed by atoms with Gasteiger partial charge in [0.15, 0.2) is 0 Å². The predicted octanol–water partition coefficient (Wildman–Crippen LogP) is 3.33. The number of rotatable bonds is 1. The van der Waals surface area contributed by atoms with Crippen LogP contribution in [0.25, 0.3) is 11.0 Å². The first-order valence-electron chi connectivity index (χ1n) is 4.77. The van der Waals surface area contributed by atoms with Crippen LogP contribution in [-0.4, -0.2) is 9.55 Å². The molecule has 0 fully saturated rings. The van der Waals surface area contributed by atoms with Crippen molar-refractivity contribution in [2.75, 3.05) is 0 Å².